The van der Waals surface area contributed by atoms with Gasteiger partial charge in [-0.05, 0) is 65.8 Å². The van der Waals surface area contributed by atoms with E-state index in [2.05, 4.69) is 31.0 Å². The van der Waals surface area contributed by atoms with Gasteiger partial charge in [-0.15, -0.1) is 0 Å². The third-order valence-electron chi connectivity index (χ3n) is 4.81. The Morgan fingerprint density at radius 2 is 2.00 bits per heavy atom. The molecule has 2 saturated carbocycles. The van der Waals surface area contributed by atoms with Gasteiger partial charge in [0.15, 0.2) is 0 Å². The van der Waals surface area contributed by atoms with Gasteiger partial charge < -0.3 is 4.74 Å². The zero-order chi connectivity index (χ0) is 15.5. The summed E-state index contributed by atoms with van der Waals surface area (Å²) in [5, 5.41) is 3.55. The van der Waals surface area contributed by atoms with Crippen LogP contribution in [-0.4, -0.2) is 47.7 Å². The predicted molar refractivity (Wildman–Crippen MR) is 85.3 cm³/mol. The second-order valence-electron chi connectivity index (χ2n) is 6.91. The van der Waals surface area contributed by atoms with Crippen molar-refractivity contribution in [3.8, 4) is 0 Å². The SMILES string of the molecule is CCOC(=O)C1(NC(C)C)CCCC(N(CC)C2CC2)C1. The molecule has 0 bridgehead atoms. The maximum Gasteiger partial charge on any atom is 0.326 e. The standard InChI is InChI=1S/C17H32N2O2/c1-5-19(14-9-10-14)15-8-7-11-17(12-15,18-13(3)4)16(20)21-6-2/h13-15,18H,5-12H2,1-4H3. The molecular weight excluding hydrogens is 264 g/mol. The molecule has 2 fully saturated rings. The number of rotatable bonds is 7. The minimum Gasteiger partial charge on any atom is -0.465 e. The van der Waals surface area contributed by atoms with E-state index in [1.807, 2.05) is 6.92 Å². The third-order valence-corrected chi connectivity index (χ3v) is 4.81. The second kappa shape index (κ2) is 7.10. The summed E-state index contributed by atoms with van der Waals surface area (Å²) in [7, 11) is 0. The first-order valence-corrected chi connectivity index (χ1v) is 8.73. The first kappa shape index (κ1) is 16.8. The van der Waals surface area contributed by atoms with Gasteiger partial charge in [0.2, 0.25) is 0 Å². The lowest BCUT2D eigenvalue weighted by molar-refractivity contribution is -0.154. The van der Waals surface area contributed by atoms with E-state index in [-0.39, 0.29) is 5.97 Å². The van der Waals surface area contributed by atoms with Gasteiger partial charge in [0.05, 0.1) is 6.61 Å². The fourth-order valence-corrected chi connectivity index (χ4v) is 3.95. The van der Waals surface area contributed by atoms with Gasteiger partial charge in [-0.2, -0.15) is 0 Å². The molecule has 0 saturated heterocycles. The van der Waals surface area contributed by atoms with Crippen molar-refractivity contribution in [2.45, 2.75) is 89.9 Å². The lowest BCUT2D eigenvalue weighted by Gasteiger charge is -2.44. The van der Waals surface area contributed by atoms with Crippen LogP contribution in [0.25, 0.3) is 0 Å². The van der Waals surface area contributed by atoms with E-state index in [1.165, 1.54) is 19.3 Å². The summed E-state index contributed by atoms with van der Waals surface area (Å²) < 4.78 is 5.40. The van der Waals surface area contributed by atoms with Crippen molar-refractivity contribution in [1.29, 1.82) is 0 Å². The second-order valence-corrected chi connectivity index (χ2v) is 6.91. The summed E-state index contributed by atoms with van der Waals surface area (Å²) in [6.45, 7) is 9.92. The number of nitrogens with one attached hydrogen (secondary N) is 1. The number of esters is 1. The van der Waals surface area contributed by atoms with Gasteiger partial charge in [0, 0.05) is 18.1 Å². The van der Waals surface area contributed by atoms with Crippen molar-refractivity contribution in [3.63, 3.8) is 0 Å². The van der Waals surface area contributed by atoms with E-state index in [0.29, 0.717) is 18.7 Å². The number of carbonyl (C=O) groups excluding carboxylic acids is 1. The Hall–Kier alpha value is -0.610. The molecule has 122 valence electrons. The highest BCUT2D eigenvalue weighted by Crippen LogP contribution is 2.37. The summed E-state index contributed by atoms with van der Waals surface area (Å²) in [5.41, 5.74) is -0.477. The Labute approximate surface area is 129 Å². The van der Waals surface area contributed by atoms with Gasteiger partial charge in [0.25, 0.3) is 0 Å². The van der Waals surface area contributed by atoms with Gasteiger partial charge in [-0.1, -0.05) is 6.92 Å². The molecule has 2 rings (SSSR count). The van der Waals surface area contributed by atoms with Crippen LogP contribution < -0.4 is 5.32 Å². The summed E-state index contributed by atoms with van der Waals surface area (Å²) in [4.78, 5) is 15.2. The van der Waals surface area contributed by atoms with Crippen LogP contribution >= 0.6 is 0 Å². The van der Waals surface area contributed by atoms with Gasteiger partial charge in [-0.25, -0.2) is 0 Å². The summed E-state index contributed by atoms with van der Waals surface area (Å²) in [5.74, 6) is -0.0461. The van der Waals surface area contributed by atoms with Gasteiger partial charge in [0.1, 0.15) is 5.54 Å². The fraction of sp³-hybridized carbons (Fsp3) is 0.941. The van der Waals surface area contributed by atoms with E-state index in [0.717, 1.165) is 31.8 Å². The molecule has 4 heteroatoms. The molecule has 21 heavy (non-hydrogen) atoms. The molecule has 2 aliphatic rings. The minimum absolute atomic E-state index is 0.0461. The van der Waals surface area contributed by atoms with Crippen LogP contribution in [0.1, 0.15) is 66.2 Å². The van der Waals surface area contributed by atoms with Crippen LogP contribution in [0, 0.1) is 0 Å². The van der Waals surface area contributed by atoms with Crippen LogP contribution in [0.2, 0.25) is 0 Å². The molecular formula is C17H32N2O2. The lowest BCUT2D eigenvalue weighted by Crippen LogP contribution is -2.60. The van der Waals surface area contributed by atoms with E-state index in [1.54, 1.807) is 0 Å². The smallest absolute Gasteiger partial charge is 0.326 e. The van der Waals surface area contributed by atoms with Gasteiger partial charge in [-0.3, -0.25) is 15.0 Å². The van der Waals surface area contributed by atoms with E-state index >= 15 is 0 Å². The Balaban J connectivity index is 2.12. The first-order chi connectivity index (χ1) is 10.0. The molecule has 2 aliphatic carbocycles. The molecule has 0 amide bonds. The van der Waals surface area contributed by atoms with E-state index < -0.39 is 5.54 Å². The van der Waals surface area contributed by atoms with Crippen molar-refractivity contribution in [3.05, 3.63) is 0 Å². The maximum absolute atomic E-state index is 12.6. The quantitative estimate of drug-likeness (QED) is 0.734. The van der Waals surface area contributed by atoms with E-state index in [9.17, 15) is 4.79 Å². The predicted octanol–water partition coefficient (Wildman–Crippen LogP) is 2.71. The van der Waals surface area contributed by atoms with Crippen molar-refractivity contribution >= 4 is 5.97 Å². The topological polar surface area (TPSA) is 41.6 Å². The summed E-state index contributed by atoms with van der Waals surface area (Å²) in [6, 6.07) is 1.58. The Bertz CT molecular complexity index is 355. The Kier molecular flexibility index (Phi) is 5.67. The zero-order valence-electron chi connectivity index (χ0n) is 14.2. The number of hydrogen-bond acceptors (Lipinski definition) is 4. The fourth-order valence-electron chi connectivity index (χ4n) is 3.95. The average molecular weight is 296 g/mol. The van der Waals surface area contributed by atoms with Crippen LogP contribution in [0.3, 0.4) is 0 Å². The average Bonchev–Trinajstić information content (AvgIpc) is 3.24. The third kappa shape index (κ3) is 3.98. The van der Waals surface area contributed by atoms with E-state index in [4.69, 9.17) is 4.74 Å². The summed E-state index contributed by atoms with van der Waals surface area (Å²) in [6.07, 6.45) is 6.78. The minimum atomic E-state index is -0.477. The molecule has 0 aliphatic heterocycles. The maximum atomic E-state index is 12.6. The molecule has 0 aromatic carbocycles. The molecule has 0 aromatic heterocycles. The van der Waals surface area contributed by atoms with Crippen LogP contribution in [-0.2, 0) is 9.53 Å². The van der Waals surface area contributed by atoms with Crippen molar-refractivity contribution < 1.29 is 9.53 Å². The van der Waals surface area contributed by atoms with Crippen LogP contribution in [0.4, 0.5) is 0 Å². The molecule has 2 atom stereocenters. The number of hydrogen-bond donors (Lipinski definition) is 1. The van der Waals surface area contributed by atoms with Crippen molar-refractivity contribution in [1.82, 2.24) is 10.2 Å². The Morgan fingerprint density at radius 1 is 1.29 bits per heavy atom. The molecule has 0 aromatic rings. The largest absolute Gasteiger partial charge is 0.465 e. The van der Waals surface area contributed by atoms with Crippen LogP contribution in [0.15, 0.2) is 0 Å². The number of carbonyl (C=O) groups is 1. The molecule has 0 radical (unpaired) electrons. The molecule has 2 unspecified atom stereocenters. The van der Waals surface area contributed by atoms with Crippen LogP contribution in [0.5, 0.6) is 0 Å². The summed E-state index contributed by atoms with van der Waals surface area (Å²) >= 11 is 0. The number of ether oxygens (including phenoxy) is 1. The van der Waals surface area contributed by atoms with Crippen molar-refractivity contribution in [2.75, 3.05) is 13.2 Å². The molecule has 4 nitrogen and oxygen atoms in total. The van der Waals surface area contributed by atoms with Gasteiger partial charge >= 0.3 is 5.97 Å². The highest BCUT2D eigenvalue weighted by atomic mass is 16.5. The monoisotopic (exact) mass is 296 g/mol. The Morgan fingerprint density at radius 3 is 2.52 bits per heavy atom. The number of nitrogens with zero attached hydrogens (tertiary/aromatic N) is 1. The highest BCUT2D eigenvalue weighted by molar-refractivity contribution is 5.81. The highest BCUT2D eigenvalue weighted by Gasteiger charge is 2.47. The first-order valence-electron chi connectivity index (χ1n) is 8.73. The lowest BCUT2D eigenvalue weighted by atomic mass is 9.77. The zero-order valence-corrected chi connectivity index (χ0v) is 14.2. The molecule has 1 N–H and O–H groups in total. The molecule has 0 heterocycles. The normalized spacial score (nSPS) is 29.9. The molecule has 0 spiro atoms. The van der Waals surface area contributed by atoms with Crippen molar-refractivity contribution in [2.24, 2.45) is 0 Å².